The molecule has 0 spiro atoms. The Labute approximate surface area is 121 Å². The van der Waals surface area contributed by atoms with E-state index in [0.29, 0.717) is 22.7 Å². The molecule has 0 saturated carbocycles. The standard InChI is InChI=1S/C15H13N5O/c1-10(21)20(15-7-11(16)4-6-18-15)12-8-14-13(19-9-12)3-2-5-17-14/h2-9H,1H3,(H2,16,18). The Hall–Kier alpha value is -3.02. The van der Waals surface area contributed by atoms with Gasteiger partial charge in [0.05, 0.1) is 22.9 Å². The Kier molecular flexibility index (Phi) is 3.19. The minimum atomic E-state index is -0.176. The van der Waals surface area contributed by atoms with Crippen LogP contribution in [-0.2, 0) is 4.79 Å². The summed E-state index contributed by atoms with van der Waals surface area (Å²) < 4.78 is 0. The molecule has 3 aromatic rings. The molecule has 0 unspecified atom stereocenters. The Morgan fingerprint density at radius 3 is 2.71 bits per heavy atom. The predicted molar refractivity (Wildman–Crippen MR) is 81.0 cm³/mol. The van der Waals surface area contributed by atoms with E-state index in [1.54, 1.807) is 36.8 Å². The van der Waals surface area contributed by atoms with E-state index in [2.05, 4.69) is 15.0 Å². The van der Waals surface area contributed by atoms with Gasteiger partial charge in [-0.1, -0.05) is 0 Å². The van der Waals surface area contributed by atoms with Gasteiger partial charge in [-0.25, -0.2) is 4.98 Å². The maximum Gasteiger partial charge on any atom is 0.229 e. The van der Waals surface area contributed by atoms with Crippen LogP contribution in [0.3, 0.4) is 0 Å². The molecule has 1 amide bonds. The number of fused-ring (bicyclic) bond motifs is 1. The van der Waals surface area contributed by atoms with Crippen LogP contribution in [0.4, 0.5) is 17.2 Å². The molecule has 0 aromatic carbocycles. The number of carbonyl (C=O) groups excluding carboxylic acids is 1. The molecule has 0 saturated heterocycles. The van der Waals surface area contributed by atoms with Crippen LogP contribution in [-0.4, -0.2) is 20.9 Å². The van der Waals surface area contributed by atoms with Crippen LogP contribution in [0.2, 0.25) is 0 Å². The molecule has 0 fully saturated rings. The second-order valence-corrected chi connectivity index (χ2v) is 4.54. The number of carbonyl (C=O) groups is 1. The van der Waals surface area contributed by atoms with Gasteiger partial charge in [0, 0.05) is 31.1 Å². The summed E-state index contributed by atoms with van der Waals surface area (Å²) >= 11 is 0. The number of amides is 1. The van der Waals surface area contributed by atoms with E-state index in [1.807, 2.05) is 12.1 Å². The van der Waals surface area contributed by atoms with Crippen molar-refractivity contribution in [2.75, 3.05) is 10.6 Å². The average molecular weight is 279 g/mol. The summed E-state index contributed by atoms with van der Waals surface area (Å²) in [7, 11) is 0. The lowest BCUT2D eigenvalue weighted by molar-refractivity contribution is -0.115. The number of aromatic nitrogens is 3. The molecule has 2 N–H and O–H groups in total. The molecule has 21 heavy (non-hydrogen) atoms. The molecule has 0 aliphatic carbocycles. The highest BCUT2D eigenvalue weighted by Gasteiger charge is 2.16. The number of nitrogens with two attached hydrogens (primary N) is 1. The van der Waals surface area contributed by atoms with E-state index in [9.17, 15) is 4.79 Å². The Morgan fingerprint density at radius 2 is 1.95 bits per heavy atom. The molecule has 3 rings (SSSR count). The largest absolute Gasteiger partial charge is 0.399 e. The van der Waals surface area contributed by atoms with Gasteiger partial charge in [-0.3, -0.25) is 19.7 Å². The fraction of sp³-hybridized carbons (Fsp3) is 0.0667. The van der Waals surface area contributed by atoms with E-state index < -0.39 is 0 Å². The van der Waals surface area contributed by atoms with Crippen LogP contribution in [0.1, 0.15) is 6.92 Å². The zero-order valence-corrected chi connectivity index (χ0v) is 11.4. The number of hydrogen-bond acceptors (Lipinski definition) is 5. The molecule has 0 aliphatic heterocycles. The van der Waals surface area contributed by atoms with Crippen LogP contribution < -0.4 is 10.6 Å². The van der Waals surface area contributed by atoms with Crippen LogP contribution in [0.25, 0.3) is 11.0 Å². The average Bonchev–Trinajstić information content (AvgIpc) is 2.47. The normalized spacial score (nSPS) is 10.5. The Balaban J connectivity index is 2.13. The molecule has 0 bridgehead atoms. The maximum atomic E-state index is 12.0. The van der Waals surface area contributed by atoms with Gasteiger partial charge >= 0.3 is 0 Å². The molecule has 6 nitrogen and oxygen atoms in total. The second kappa shape index (κ2) is 5.16. The number of anilines is 3. The van der Waals surface area contributed by atoms with Crippen molar-refractivity contribution in [3.63, 3.8) is 0 Å². The molecule has 0 aliphatic rings. The molecular formula is C15H13N5O. The first-order chi connectivity index (χ1) is 10.1. The highest BCUT2D eigenvalue weighted by atomic mass is 16.2. The first-order valence-corrected chi connectivity index (χ1v) is 6.38. The fourth-order valence-electron chi connectivity index (χ4n) is 2.10. The summed E-state index contributed by atoms with van der Waals surface area (Å²) in [5.41, 5.74) is 8.38. The van der Waals surface area contributed by atoms with Gasteiger partial charge in [-0.2, -0.15) is 0 Å². The monoisotopic (exact) mass is 279 g/mol. The van der Waals surface area contributed by atoms with Gasteiger partial charge < -0.3 is 5.73 Å². The van der Waals surface area contributed by atoms with Crippen LogP contribution in [0, 0.1) is 0 Å². The maximum absolute atomic E-state index is 12.0. The third-order valence-corrected chi connectivity index (χ3v) is 3.01. The summed E-state index contributed by atoms with van der Waals surface area (Å²) in [4.78, 5) is 26.2. The highest BCUT2D eigenvalue weighted by Crippen LogP contribution is 2.26. The molecule has 3 aromatic heterocycles. The number of nitrogen functional groups attached to an aromatic ring is 1. The molecular weight excluding hydrogens is 266 g/mol. The summed E-state index contributed by atoms with van der Waals surface area (Å²) in [5, 5.41) is 0. The van der Waals surface area contributed by atoms with E-state index in [0.717, 1.165) is 5.52 Å². The third kappa shape index (κ3) is 2.51. The first kappa shape index (κ1) is 13.0. The van der Waals surface area contributed by atoms with Gasteiger partial charge in [0.25, 0.3) is 0 Å². The highest BCUT2D eigenvalue weighted by molar-refractivity contribution is 5.99. The van der Waals surface area contributed by atoms with Gasteiger partial charge in [0.1, 0.15) is 5.82 Å². The summed E-state index contributed by atoms with van der Waals surface area (Å²) in [6.45, 7) is 1.47. The second-order valence-electron chi connectivity index (χ2n) is 4.54. The lowest BCUT2D eigenvalue weighted by Gasteiger charge is -2.20. The van der Waals surface area contributed by atoms with Gasteiger partial charge in [-0.15, -0.1) is 0 Å². The Bertz CT molecular complexity index is 818. The van der Waals surface area contributed by atoms with Crippen molar-refractivity contribution in [1.29, 1.82) is 0 Å². The van der Waals surface area contributed by atoms with Crippen LogP contribution >= 0.6 is 0 Å². The molecule has 3 heterocycles. The van der Waals surface area contributed by atoms with Crippen molar-refractivity contribution in [3.8, 4) is 0 Å². The molecule has 6 heteroatoms. The van der Waals surface area contributed by atoms with Crippen LogP contribution in [0.5, 0.6) is 0 Å². The van der Waals surface area contributed by atoms with E-state index in [-0.39, 0.29) is 5.91 Å². The lowest BCUT2D eigenvalue weighted by atomic mass is 10.2. The Morgan fingerprint density at radius 1 is 1.10 bits per heavy atom. The smallest absolute Gasteiger partial charge is 0.229 e. The summed E-state index contributed by atoms with van der Waals surface area (Å²) in [6.07, 6.45) is 4.87. The van der Waals surface area contributed by atoms with E-state index in [4.69, 9.17) is 5.73 Å². The van der Waals surface area contributed by atoms with Gasteiger partial charge in [-0.05, 0) is 24.3 Å². The van der Waals surface area contributed by atoms with Crippen molar-refractivity contribution in [1.82, 2.24) is 15.0 Å². The number of hydrogen-bond donors (Lipinski definition) is 1. The van der Waals surface area contributed by atoms with Crippen molar-refractivity contribution >= 4 is 34.1 Å². The van der Waals surface area contributed by atoms with Crippen molar-refractivity contribution < 1.29 is 4.79 Å². The fourth-order valence-corrected chi connectivity index (χ4v) is 2.10. The molecule has 0 radical (unpaired) electrons. The third-order valence-electron chi connectivity index (χ3n) is 3.01. The summed E-state index contributed by atoms with van der Waals surface area (Å²) in [5.74, 6) is 0.282. The first-order valence-electron chi connectivity index (χ1n) is 6.38. The zero-order chi connectivity index (χ0) is 14.8. The number of pyridine rings is 3. The van der Waals surface area contributed by atoms with Crippen molar-refractivity contribution in [2.45, 2.75) is 6.92 Å². The zero-order valence-electron chi connectivity index (χ0n) is 11.4. The van der Waals surface area contributed by atoms with E-state index >= 15 is 0 Å². The topological polar surface area (TPSA) is 85.0 Å². The van der Waals surface area contributed by atoms with Crippen molar-refractivity contribution in [3.05, 3.63) is 48.9 Å². The minimum absolute atomic E-state index is 0.176. The van der Waals surface area contributed by atoms with E-state index in [1.165, 1.54) is 11.8 Å². The predicted octanol–water partition coefficient (Wildman–Crippen LogP) is 2.29. The quantitative estimate of drug-likeness (QED) is 0.778. The SMILES string of the molecule is CC(=O)N(c1cnc2cccnc2c1)c1cc(N)ccn1. The summed E-state index contributed by atoms with van der Waals surface area (Å²) in [6, 6.07) is 8.79. The molecule has 0 atom stereocenters. The van der Waals surface area contributed by atoms with Crippen molar-refractivity contribution in [2.24, 2.45) is 0 Å². The number of nitrogens with zero attached hydrogens (tertiary/aromatic N) is 4. The van der Waals surface area contributed by atoms with Gasteiger partial charge in [0.2, 0.25) is 5.91 Å². The van der Waals surface area contributed by atoms with Gasteiger partial charge in [0.15, 0.2) is 0 Å². The minimum Gasteiger partial charge on any atom is -0.399 e. The van der Waals surface area contributed by atoms with Crippen LogP contribution in [0.15, 0.2) is 48.9 Å². The number of rotatable bonds is 2. The molecule has 104 valence electrons. The lowest BCUT2D eigenvalue weighted by Crippen LogP contribution is -2.24.